The molecule has 0 aromatic rings. The Kier molecular flexibility index (Phi) is 5.59. The highest BCUT2D eigenvalue weighted by atomic mass is 16.4. The average molecular weight is 256 g/mol. The molecule has 5 nitrogen and oxygen atoms in total. The fourth-order valence-corrected chi connectivity index (χ4v) is 2.41. The quantitative estimate of drug-likeness (QED) is 0.770. The van der Waals surface area contributed by atoms with Crippen LogP contribution >= 0.6 is 0 Å². The lowest BCUT2D eigenvalue weighted by Gasteiger charge is -2.31. The van der Waals surface area contributed by atoms with Crippen molar-refractivity contribution in [1.82, 2.24) is 4.90 Å². The van der Waals surface area contributed by atoms with Gasteiger partial charge in [0.05, 0.1) is 5.92 Å². The van der Waals surface area contributed by atoms with Crippen molar-refractivity contribution >= 4 is 11.9 Å². The maximum absolute atomic E-state index is 12.3. The summed E-state index contributed by atoms with van der Waals surface area (Å²) in [6.45, 7) is 4.39. The Morgan fingerprint density at radius 3 is 2.33 bits per heavy atom. The van der Waals surface area contributed by atoms with Crippen molar-refractivity contribution < 1.29 is 14.7 Å². The summed E-state index contributed by atoms with van der Waals surface area (Å²) in [6.07, 6.45) is 3.45. The molecule has 0 saturated heterocycles. The first-order valence-corrected chi connectivity index (χ1v) is 6.72. The van der Waals surface area contributed by atoms with E-state index in [9.17, 15) is 9.59 Å². The molecule has 1 amide bonds. The van der Waals surface area contributed by atoms with Gasteiger partial charge in [-0.25, -0.2) is 0 Å². The van der Waals surface area contributed by atoms with Gasteiger partial charge in [-0.15, -0.1) is 0 Å². The molecule has 1 saturated carbocycles. The number of hydrogen-bond donors (Lipinski definition) is 2. The molecule has 0 aromatic carbocycles. The highest BCUT2D eigenvalue weighted by Crippen LogP contribution is 2.25. The van der Waals surface area contributed by atoms with Crippen molar-refractivity contribution in [3.8, 4) is 0 Å². The van der Waals surface area contributed by atoms with E-state index < -0.39 is 11.9 Å². The standard InChI is InChI=1S/C13H24N2O3/c1-3-15(8-9(2)13(17)18)12(16)10-4-6-11(14)7-5-10/h9-11H,3-8,14H2,1-2H3,(H,17,18). The molecule has 104 valence electrons. The van der Waals surface area contributed by atoms with Crippen molar-refractivity contribution in [3.05, 3.63) is 0 Å². The third-order valence-corrected chi connectivity index (χ3v) is 3.73. The van der Waals surface area contributed by atoms with Gasteiger partial charge in [0, 0.05) is 25.0 Å². The van der Waals surface area contributed by atoms with Gasteiger partial charge in [-0.2, -0.15) is 0 Å². The predicted molar refractivity (Wildman–Crippen MR) is 69.0 cm³/mol. The van der Waals surface area contributed by atoms with Crippen LogP contribution in [0.2, 0.25) is 0 Å². The maximum Gasteiger partial charge on any atom is 0.308 e. The number of aliphatic carboxylic acids is 1. The molecule has 0 spiro atoms. The highest BCUT2D eigenvalue weighted by molar-refractivity contribution is 5.79. The van der Waals surface area contributed by atoms with E-state index >= 15 is 0 Å². The molecule has 0 aliphatic heterocycles. The van der Waals surface area contributed by atoms with Gasteiger partial charge in [0.2, 0.25) is 5.91 Å². The van der Waals surface area contributed by atoms with Crippen LogP contribution in [-0.2, 0) is 9.59 Å². The Bertz CT molecular complexity index is 299. The molecule has 18 heavy (non-hydrogen) atoms. The number of nitrogens with zero attached hydrogens (tertiary/aromatic N) is 1. The maximum atomic E-state index is 12.3. The molecule has 3 N–H and O–H groups in total. The van der Waals surface area contributed by atoms with Crippen LogP contribution in [0.4, 0.5) is 0 Å². The van der Waals surface area contributed by atoms with Gasteiger partial charge in [-0.05, 0) is 32.6 Å². The fourth-order valence-electron chi connectivity index (χ4n) is 2.41. The predicted octanol–water partition coefficient (Wildman–Crippen LogP) is 1.07. The van der Waals surface area contributed by atoms with Gasteiger partial charge in [0.25, 0.3) is 0 Å². The Labute approximate surface area is 108 Å². The number of rotatable bonds is 5. The van der Waals surface area contributed by atoms with Gasteiger partial charge in [0.1, 0.15) is 0 Å². The third-order valence-electron chi connectivity index (χ3n) is 3.73. The summed E-state index contributed by atoms with van der Waals surface area (Å²) in [5, 5.41) is 8.90. The van der Waals surface area contributed by atoms with E-state index in [1.54, 1.807) is 11.8 Å². The number of carbonyl (C=O) groups excluding carboxylic acids is 1. The monoisotopic (exact) mass is 256 g/mol. The Morgan fingerprint density at radius 2 is 1.89 bits per heavy atom. The zero-order valence-electron chi connectivity index (χ0n) is 11.3. The van der Waals surface area contributed by atoms with Crippen molar-refractivity contribution in [1.29, 1.82) is 0 Å². The van der Waals surface area contributed by atoms with Gasteiger partial charge < -0.3 is 15.7 Å². The summed E-state index contributed by atoms with van der Waals surface area (Å²) in [7, 11) is 0. The van der Waals surface area contributed by atoms with Crippen molar-refractivity contribution in [2.24, 2.45) is 17.6 Å². The van der Waals surface area contributed by atoms with E-state index in [-0.39, 0.29) is 17.9 Å². The molecule has 0 bridgehead atoms. The van der Waals surface area contributed by atoms with Crippen LogP contribution < -0.4 is 5.73 Å². The molecule has 1 aliphatic rings. The Balaban J connectivity index is 2.54. The zero-order chi connectivity index (χ0) is 13.7. The first-order valence-electron chi connectivity index (χ1n) is 6.72. The minimum Gasteiger partial charge on any atom is -0.481 e. The van der Waals surface area contributed by atoms with Gasteiger partial charge >= 0.3 is 5.97 Å². The van der Waals surface area contributed by atoms with E-state index in [1.165, 1.54) is 0 Å². The van der Waals surface area contributed by atoms with Gasteiger partial charge in [-0.1, -0.05) is 6.92 Å². The van der Waals surface area contributed by atoms with Crippen molar-refractivity contribution in [2.75, 3.05) is 13.1 Å². The van der Waals surface area contributed by atoms with Crippen LogP contribution in [-0.4, -0.2) is 41.0 Å². The van der Waals surface area contributed by atoms with E-state index in [1.807, 2.05) is 6.92 Å². The molecule has 0 heterocycles. The van der Waals surface area contributed by atoms with Crippen LogP contribution in [0, 0.1) is 11.8 Å². The first kappa shape index (κ1) is 15.0. The molecule has 0 radical (unpaired) electrons. The van der Waals surface area contributed by atoms with Crippen LogP contribution in [0.5, 0.6) is 0 Å². The van der Waals surface area contributed by atoms with E-state index in [0.717, 1.165) is 25.7 Å². The summed E-state index contributed by atoms with van der Waals surface area (Å²) in [6, 6.07) is 0.224. The molecule has 1 aliphatic carbocycles. The number of carbonyl (C=O) groups is 2. The normalized spacial score (nSPS) is 25.5. The molecular weight excluding hydrogens is 232 g/mol. The third kappa shape index (κ3) is 3.98. The number of nitrogens with two attached hydrogens (primary N) is 1. The zero-order valence-corrected chi connectivity index (χ0v) is 11.3. The fraction of sp³-hybridized carbons (Fsp3) is 0.846. The molecule has 1 fully saturated rings. The van der Waals surface area contributed by atoms with E-state index in [2.05, 4.69) is 0 Å². The molecule has 1 unspecified atom stereocenters. The smallest absolute Gasteiger partial charge is 0.308 e. The summed E-state index contributed by atoms with van der Waals surface area (Å²) < 4.78 is 0. The van der Waals surface area contributed by atoms with Crippen LogP contribution in [0.1, 0.15) is 39.5 Å². The molecule has 1 rings (SSSR count). The van der Waals surface area contributed by atoms with Crippen LogP contribution in [0.3, 0.4) is 0 Å². The molecule has 1 atom stereocenters. The van der Waals surface area contributed by atoms with Crippen LogP contribution in [0.15, 0.2) is 0 Å². The first-order chi connectivity index (χ1) is 8.45. The Hall–Kier alpha value is -1.10. The Morgan fingerprint density at radius 1 is 1.33 bits per heavy atom. The van der Waals surface area contributed by atoms with Crippen molar-refractivity contribution in [3.63, 3.8) is 0 Å². The van der Waals surface area contributed by atoms with Gasteiger partial charge in [-0.3, -0.25) is 9.59 Å². The SMILES string of the molecule is CCN(CC(C)C(=O)O)C(=O)C1CCC(N)CC1. The molecule has 5 heteroatoms. The summed E-state index contributed by atoms with van der Waals surface area (Å²) in [5.41, 5.74) is 5.82. The minimum absolute atomic E-state index is 0.0331. The number of carboxylic acids is 1. The number of amides is 1. The average Bonchev–Trinajstić information content (AvgIpc) is 2.35. The lowest BCUT2D eigenvalue weighted by molar-refractivity contribution is -0.144. The van der Waals surface area contributed by atoms with Gasteiger partial charge in [0.15, 0.2) is 0 Å². The summed E-state index contributed by atoms with van der Waals surface area (Å²) >= 11 is 0. The van der Waals surface area contributed by atoms with Crippen LogP contribution in [0.25, 0.3) is 0 Å². The van der Waals surface area contributed by atoms with E-state index in [0.29, 0.717) is 13.1 Å². The second kappa shape index (κ2) is 6.73. The highest BCUT2D eigenvalue weighted by Gasteiger charge is 2.29. The lowest BCUT2D eigenvalue weighted by Crippen LogP contribution is -2.42. The molecule has 0 aromatic heterocycles. The largest absolute Gasteiger partial charge is 0.481 e. The summed E-state index contributed by atoms with van der Waals surface area (Å²) in [4.78, 5) is 24.8. The van der Waals surface area contributed by atoms with Crippen molar-refractivity contribution in [2.45, 2.75) is 45.6 Å². The molecular formula is C13H24N2O3. The topological polar surface area (TPSA) is 83.6 Å². The number of hydrogen-bond acceptors (Lipinski definition) is 3. The second-order valence-corrected chi connectivity index (χ2v) is 5.23. The number of carboxylic acid groups (broad SMARTS) is 1. The minimum atomic E-state index is -0.855. The second-order valence-electron chi connectivity index (χ2n) is 5.23. The summed E-state index contributed by atoms with van der Waals surface area (Å²) in [5.74, 6) is -1.24. The lowest BCUT2D eigenvalue weighted by atomic mass is 9.85. The van der Waals surface area contributed by atoms with E-state index in [4.69, 9.17) is 10.8 Å².